The van der Waals surface area contributed by atoms with Crippen LogP contribution in [0.4, 0.5) is 5.69 Å². The molecule has 4 nitrogen and oxygen atoms in total. The van der Waals surface area contributed by atoms with Gasteiger partial charge in [-0.2, -0.15) is 0 Å². The van der Waals surface area contributed by atoms with E-state index in [0.29, 0.717) is 16.6 Å². The molecule has 1 aliphatic rings. The summed E-state index contributed by atoms with van der Waals surface area (Å²) in [5, 5.41) is 8.26. The third-order valence-corrected chi connectivity index (χ3v) is 4.10. The van der Waals surface area contributed by atoms with Gasteiger partial charge in [-0.3, -0.25) is 5.41 Å². The standard InChI is InChI=1S/C14H21ClN4/c1-18-8-4-5-10(9-18)19(2)12-7-3-6-11(15)13(12)14(16)17/h3,6-7,10H,4-5,8-9H2,1-2H3,(H3,16,17). The van der Waals surface area contributed by atoms with Crippen molar-refractivity contribution in [1.29, 1.82) is 5.41 Å². The van der Waals surface area contributed by atoms with Crippen LogP contribution in [0.5, 0.6) is 0 Å². The zero-order valence-electron chi connectivity index (χ0n) is 11.5. The predicted molar refractivity (Wildman–Crippen MR) is 81.4 cm³/mol. The number of piperidine rings is 1. The zero-order chi connectivity index (χ0) is 14.0. The molecule has 0 aromatic heterocycles. The molecule has 1 heterocycles. The molecule has 1 fully saturated rings. The number of likely N-dealkylation sites (tertiary alicyclic amines) is 1. The molecule has 0 radical (unpaired) electrons. The molecule has 1 aliphatic heterocycles. The fourth-order valence-corrected chi connectivity index (χ4v) is 3.00. The minimum absolute atomic E-state index is 0.0246. The summed E-state index contributed by atoms with van der Waals surface area (Å²) < 4.78 is 0. The smallest absolute Gasteiger partial charge is 0.126 e. The van der Waals surface area contributed by atoms with E-state index in [4.69, 9.17) is 22.7 Å². The van der Waals surface area contributed by atoms with Gasteiger partial charge in [0.2, 0.25) is 0 Å². The molecule has 5 heteroatoms. The van der Waals surface area contributed by atoms with Gasteiger partial charge < -0.3 is 15.5 Å². The van der Waals surface area contributed by atoms with Gasteiger partial charge in [-0.05, 0) is 38.6 Å². The average Bonchev–Trinajstić information content (AvgIpc) is 2.37. The van der Waals surface area contributed by atoms with Crippen molar-refractivity contribution >= 4 is 23.1 Å². The number of likely N-dealkylation sites (N-methyl/N-ethyl adjacent to an activating group) is 2. The highest BCUT2D eigenvalue weighted by Crippen LogP contribution is 2.29. The summed E-state index contributed by atoms with van der Waals surface area (Å²) in [5.74, 6) is 0.0246. The second-order valence-corrected chi connectivity index (χ2v) is 5.62. The van der Waals surface area contributed by atoms with Crippen LogP contribution in [0.1, 0.15) is 18.4 Å². The van der Waals surface area contributed by atoms with Gasteiger partial charge in [0.25, 0.3) is 0 Å². The molecule has 0 bridgehead atoms. The lowest BCUT2D eigenvalue weighted by Crippen LogP contribution is -2.45. The predicted octanol–water partition coefficient (Wildman–Crippen LogP) is 2.15. The van der Waals surface area contributed by atoms with Crippen molar-refractivity contribution in [1.82, 2.24) is 4.90 Å². The monoisotopic (exact) mass is 280 g/mol. The number of hydrogen-bond acceptors (Lipinski definition) is 3. The average molecular weight is 281 g/mol. The van der Waals surface area contributed by atoms with Gasteiger partial charge in [-0.25, -0.2) is 0 Å². The Morgan fingerprint density at radius 2 is 2.26 bits per heavy atom. The van der Waals surface area contributed by atoms with Crippen LogP contribution >= 0.6 is 11.6 Å². The van der Waals surface area contributed by atoms with Crippen LogP contribution in [-0.4, -0.2) is 44.0 Å². The molecule has 0 saturated carbocycles. The van der Waals surface area contributed by atoms with Crippen molar-refractivity contribution in [3.8, 4) is 0 Å². The van der Waals surface area contributed by atoms with Crippen LogP contribution in [0.2, 0.25) is 5.02 Å². The van der Waals surface area contributed by atoms with Crippen LogP contribution < -0.4 is 10.6 Å². The van der Waals surface area contributed by atoms with E-state index in [0.717, 1.165) is 25.2 Å². The molecule has 0 amide bonds. The summed E-state index contributed by atoms with van der Waals surface area (Å²) in [7, 11) is 4.20. The number of anilines is 1. The number of halogens is 1. The topological polar surface area (TPSA) is 56.4 Å². The fourth-order valence-electron chi connectivity index (χ4n) is 2.73. The Labute approximate surface area is 119 Å². The van der Waals surface area contributed by atoms with Crippen LogP contribution in [-0.2, 0) is 0 Å². The van der Waals surface area contributed by atoms with Gasteiger partial charge in [0, 0.05) is 25.3 Å². The molecule has 104 valence electrons. The molecular weight excluding hydrogens is 260 g/mol. The maximum atomic E-state index is 7.72. The number of nitrogens with two attached hydrogens (primary N) is 1. The quantitative estimate of drug-likeness (QED) is 0.659. The van der Waals surface area contributed by atoms with Crippen molar-refractivity contribution in [2.45, 2.75) is 18.9 Å². The lowest BCUT2D eigenvalue weighted by atomic mass is 10.0. The Balaban J connectivity index is 2.30. The Hall–Kier alpha value is -1.26. The lowest BCUT2D eigenvalue weighted by molar-refractivity contribution is 0.248. The van der Waals surface area contributed by atoms with E-state index in [9.17, 15) is 0 Å². The van der Waals surface area contributed by atoms with E-state index < -0.39 is 0 Å². The zero-order valence-corrected chi connectivity index (χ0v) is 12.2. The highest BCUT2D eigenvalue weighted by Gasteiger charge is 2.24. The molecule has 19 heavy (non-hydrogen) atoms. The van der Waals surface area contributed by atoms with Crippen LogP contribution in [0.25, 0.3) is 0 Å². The number of amidine groups is 1. The molecule has 1 saturated heterocycles. The summed E-state index contributed by atoms with van der Waals surface area (Å²) in [6.45, 7) is 2.18. The first-order valence-electron chi connectivity index (χ1n) is 6.55. The Kier molecular flexibility index (Phi) is 4.32. The lowest BCUT2D eigenvalue weighted by Gasteiger charge is -2.38. The van der Waals surface area contributed by atoms with Crippen LogP contribution in [0, 0.1) is 5.41 Å². The number of rotatable bonds is 3. The highest BCUT2D eigenvalue weighted by atomic mass is 35.5. The molecule has 3 N–H and O–H groups in total. The SMILES string of the molecule is CN1CCCC(N(C)c2cccc(Cl)c2C(=N)N)C1. The van der Waals surface area contributed by atoms with Crippen LogP contribution in [0.15, 0.2) is 18.2 Å². The number of nitrogens with one attached hydrogen (secondary N) is 1. The molecule has 1 aromatic rings. The molecule has 1 atom stereocenters. The summed E-state index contributed by atoms with van der Waals surface area (Å²) in [5.41, 5.74) is 7.26. The summed E-state index contributed by atoms with van der Waals surface area (Å²) in [6, 6.07) is 6.11. The summed E-state index contributed by atoms with van der Waals surface area (Å²) >= 11 is 6.18. The van der Waals surface area contributed by atoms with Crippen molar-refractivity contribution in [2.75, 3.05) is 32.1 Å². The van der Waals surface area contributed by atoms with E-state index >= 15 is 0 Å². The molecular formula is C14H21ClN4. The van der Waals surface area contributed by atoms with Crippen molar-refractivity contribution < 1.29 is 0 Å². The van der Waals surface area contributed by atoms with Crippen LogP contribution in [0.3, 0.4) is 0 Å². The second kappa shape index (κ2) is 5.80. The molecule has 1 aromatic carbocycles. The number of benzene rings is 1. The van der Waals surface area contributed by atoms with Gasteiger partial charge in [0.05, 0.1) is 10.6 Å². The van der Waals surface area contributed by atoms with E-state index in [1.54, 1.807) is 6.07 Å². The van der Waals surface area contributed by atoms with Gasteiger partial charge in [-0.15, -0.1) is 0 Å². The third-order valence-electron chi connectivity index (χ3n) is 3.79. The number of hydrogen-bond donors (Lipinski definition) is 2. The Morgan fingerprint density at radius 1 is 1.53 bits per heavy atom. The summed E-state index contributed by atoms with van der Waals surface area (Å²) in [4.78, 5) is 4.54. The minimum Gasteiger partial charge on any atom is -0.384 e. The van der Waals surface area contributed by atoms with Gasteiger partial charge in [-0.1, -0.05) is 17.7 Å². The van der Waals surface area contributed by atoms with Gasteiger partial charge in [0.15, 0.2) is 0 Å². The van der Waals surface area contributed by atoms with Crippen molar-refractivity contribution in [2.24, 2.45) is 5.73 Å². The minimum atomic E-state index is 0.0246. The third kappa shape index (κ3) is 3.01. The maximum Gasteiger partial charge on any atom is 0.126 e. The molecule has 1 unspecified atom stereocenters. The molecule has 0 aliphatic carbocycles. The fraction of sp³-hybridized carbons (Fsp3) is 0.500. The molecule has 2 rings (SSSR count). The van der Waals surface area contributed by atoms with Crippen molar-refractivity contribution in [3.05, 3.63) is 28.8 Å². The first-order valence-corrected chi connectivity index (χ1v) is 6.92. The Bertz CT molecular complexity index is 475. The van der Waals surface area contributed by atoms with Gasteiger partial charge in [0.1, 0.15) is 5.84 Å². The van der Waals surface area contributed by atoms with Crippen molar-refractivity contribution in [3.63, 3.8) is 0 Å². The highest BCUT2D eigenvalue weighted by molar-refractivity contribution is 6.34. The van der Waals surface area contributed by atoms with E-state index in [1.165, 1.54) is 6.42 Å². The molecule has 0 spiro atoms. The first-order chi connectivity index (χ1) is 9.00. The van der Waals surface area contributed by atoms with E-state index in [1.807, 2.05) is 12.1 Å². The number of nitrogen functional groups attached to an aromatic ring is 1. The van der Waals surface area contributed by atoms with E-state index in [-0.39, 0.29) is 5.84 Å². The Morgan fingerprint density at radius 3 is 2.89 bits per heavy atom. The largest absolute Gasteiger partial charge is 0.384 e. The normalized spacial score (nSPS) is 20.3. The maximum absolute atomic E-state index is 7.72. The first kappa shape index (κ1) is 14.2. The number of nitrogens with zero attached hydrogens (tertiary/aromatic N) is 2. The van der Waals surface area contributed by atoms with Gasteiger partial charge >= 0.3 is 0 Å². The summed E-state index contributed by atoms with van der Waals surface area (Å²) in [6.07, 6.45) is 2.35. The van der Waals surface area contributed by atoms with E-state index in [2.05, 4.69) is 23.9 Å². The second-order valence-electron chi connectivity index (χ2n) is 5.22.